The molecule has 1 saturated carbocycles. The van der Waals surface area contributed by atoms with Gasteiger partial charge in [-0.25, -0.2) is 4.79 Å². The number of hydrogen-bond donors (Lipinski definition) is 1. The number of carboxylic acids is 1. The summed E-state index contributed by atoms with van der Waals surface area (Å²) in [4.78, 5) is 13.0. The molecule has 1 N–H and O–H groups in total. The number of ether oxygens (including phenoxy) is 1. The molecule has 1 aliphatic heterocycles. The predicted octanol–water partition coefficient (Wildman–Crippen LogP) is 0.960. The van der Waals surface area contributed by atoms with Crippen LogP contribution in [-0.2, 0) is 9.53 Å². The molecule has 0 spiro atoms. The second-order valence-corrected chi connectivity index (χ2v) is 4.83. The molecule has 4 nitrogen and oxygen atoms in total. The van der Waals surface area contributed by atoms with Crippen LogP contribution in [0.1, 0.15) is 25.7 Å². The molecular formula is C11H19NO3. The van der Waals surface area contributed by atoms with E-state index in [-0.39, 0.29) is 6.10 Å². The van der Waals surface area contributed by atoms with Gasteiger partial charge in [-0.05, 0) is 38.6 Å². The normalized spacial score (nSPS) is 31.1. The Labute approximate surface area is 90.2 Å². The van der Waals surface area contributed by atoms with E-state index in [4.69, 9.17) is 9.84 Å². The average molecular weight is 213 g/mol. The smallest absolute Gasteiger partial charge is 0.332 e. The molecule has 2 atom stereocenters. The first-order valence-electron chi connectivity index (χ1n) is 5.72. The molecule has 0 aromatic heterocycles. The lowest BCUT2D eigenvalue weighted by Crippen LogP contribution is -2.31. The zero-order valence-corrected chi connectivity index (χ0v) is 9.19. The second-order valence-electron chi connectivity index (χ2n) is 4.83. The highest BCUT2D eigenvalue weighted by atomic mass is 16.5. The van der Waals surface area contributed by atoms with Gasteiger partial charge in [0.15, 0.2) is 6.10 Å². The average Bonchev–Trinajstić information content (AvgIpc) is 2.82. The minimum atomic E-state index is -0.817. The summed E-state index contributed by atoms with van der Waals surface area (Å²) in [6, 6.07) is 0. The number of carbonyl (C=O) groups is 1. The maximum absolute atomic E-state index is 10.7. The summed E-state index contributed by atoms with van der Waals surface area (Å²) in [6.45, 7) is 2.01. The minimum absolute atomic E-state index is 0.120. The highest BCUT2D eigenvalue weighted by Crippen LogP contribution is 2.30. The van der Waals surface area contributed by atoms with Crippen LogP contribution in [0.5, 0.6) is 0 Å². The Morgan fingerprint density at radius 2 is 2.07 bits per heavy atom. The standard InChI is InChI=1S/C11H19NO3/c1-12(6-8-2-3-8)7-9-4-5-10(15-9)11(13)14/h8-10H,2-7H2,1H3,(H,13,14). The van der Waals surface area contributed by atoms with Crippen molar-refractivity contribution >= 4 is 5.97 Å². The molecule has 4 heteroatoms. The maximum Gasteiger partial charge on any atom is 0.332 e. The molecule has 1 saturated heterocycles. The third-order valence-electron chi connectivity index (χ3n) is 3.17. The van der Waals surface area contributed by atoms with Gasteiger partial charge in [-0.3, -0.25) is 0 Å². The van der Waals surface area contributed by atoms with Crippen LogP contribution in [0.25, 0.3) is 0 Å². The molecule has 2 unspecified atom stereocenters. The van der Waals surface area contributed by atoms with Crippen molar-refractivity contribution < 1.29 is 14.6 Å². The van der Waals surface area contributed by atoms with Gasteiger partial charge in [0.1, 0.15) is 0 Å². The summed E-state index contributed by atoms with van der Waals surface area (Å²) < 4.78 is 5.45. The molecule has 0 bridgehead atoms. The van der Waals surface area contributed by atoms with Gasteiger partial charge in [-0.15, -0.1) is 0 Å². The third kappa shape index (κ3) is 3.18. The molecule has 15 heavy (non-hydrogen) atoms. The van der Waals surface area contributed by atoms with E-state index in [2.05, 4.69) is 11.9 Å². The van der Waals surface area contributed by atoms with E-state index >= 15 is 0 Å². The molecule has 2 rings (SSSR count). The van der Waals surface area contributed by atoms with Crippen molar-refractivity contribution in [2.45, 2.75) is 37.9 Å². The van der Waals surface area contributed by atoms with Crippen molar-refractivity contribution in [3.8, 4) is 0 Å². The minimum Gasteiger partial charge on any atom is -0.479 e. The van der Waals surface area contributed by atoms with Crippen LogP contribution in [0.15, 0.2) is 0 Å². The van der Waals surface area contributed by atoms with Crippen LogP contribution < -0.4 is 0 Å². The fourth-order valence-corrected chi connectivity index (χ4v) is 2.19. The molecule has 0 aromatic rings. The SMILES string of the molecule is CN(CC1CC1)CC1CCC(C(=O)O)O1. The van der Waals surface area contributed by atoms with Crippen molar-refractivity contribution in [3.05, 3.63) is 0 Å². The summed E-state index contributed by atoms with van der Waals surface area (Å²) in [5.41, 5.74) is 0. The van der Waals surface area contributed by atoms with Crippen LogP contribution in [0.2, 0.25) is 0 Å². The molecule has 2 aliphatic rings. The van der Waals surface area contributed by atoms with Gasteiger partial charge < -0.3 is 14.7 Å². The highest BCUT2D eigenvalue weighted by Gasteiger charge is 2.31. The largest absolute Gasteiger partial charge is 0.479 e. The number of aliphatic carboxylic acids is 1. The molecule has 0 radical (unpaired) electrons. The van der Waals surface area contributed by atoms with Crippen LogP contribution >= 0.6 is 0 Å². The van der Waals surface area contributed by atoms with Crippen LogP contribution in [0.3, 0.4) is 0 Å². The predicted molar refractivity (Wildman–Crippen MR) is 55.8 cm³/mol. The lowest BCUT2D eigenvalue weighted by molar-refractivity contribution is -0.149. The van der Waals surface area contributed by atoms with Crippen molar-refractivity contribution in [1.29, 1.82) is 0 Å². The summed E-state index contributed by atoms with van der Waals surface area (Å²) in [5, 5.41) is 8.78. The fourth-order valence-electron chi connectivity index (χ4n) is 2.19. The molecule has 86 valence electrons. The Hall–Kier alpha value is -0.610. The number of hydrogen-bond acceptors (Lipinski definition) is 3. The third-order valence-corrected chi connectivity index (χ3v) is 3.17. The van der Waals surface area contributed by atoms with Crippen molar-refractivity contribution in [1.82, 2.24) is 4.90 Å². The highest BCUT2D eigenvalue weighted by molar-refractivity contribution is 5.72. The lowest BCUT2D eigenvalue weighted by Gasteiger charge is -2.20. The summed E-state index contributed by atoms with van der Waals surface area (Å²) in [5.74, 6) is 0.0639. The first-order chi connectivity index (χ1) is 7.15. The lowest BCUT2D eigenvalue weighted by atomic mass is 10.2. The summed E-state index contributed by atoms with van der Waals surface area (Å²) in [7, 11) is 2.09. The molecule has 2 fully saturated rings. The molecular weight excluding hydrogens is 194 g/mol. The molecule has 0 aromatic carbocycles. The van der Waals surface area contributed by atoms with Crippen molar-refractivity contribution in [2.75, 3.05) is 20.1 Å². The van der Waals surface area contributed by atoms with E-state index in [1.807, 2.05) is 0 Å². The van der Waals surface area contributed by atoms with Gasteiger partial charge in [0.25, 0.3) is 0 Å². The topological polar surface area (TPSA) is 49.8 Å². The summed E-state index contributed by atoms with van der Waals surface area (Å²) in [6.07, 6.45) is 3.81. The van der Waals surface area contributed by atoms with Gasteiger partial charge in [0, 0.05) is 13.1 Å². The van der Waals surface area contributed by atoms with Crippen LogP contribution in [0.4, 0.5) is 0 Å². The quantitative estimate of drug-likeness (QED) is 0.739. The number of carboxylic acid groups (broad SMARTS) is 1. The van der Waals surface area contributed by atoms with E-state index in [0.717, 1.165) is 25.4 Å². The molecule has 1 heterocycles. The van der Waals surface area contributed by atoms with E-state index in [0.29, 0.717) is 6.42 Å². The Morgan fingerprint density at radius 1 is 1.33 bits per heavy atom. The van der Waals surface area contributed by atoms with Crippen LogP contribution in [0, 0.1) is 5.92 Å². The number of likely N-dealkylation sites (N-methyl/N-ethyl adjacent to an activating group) is 1. The Balaban J connectivity index is 1.68. The first kappa shape index (κ1) is 10.9. The van der Waals surface area contributed by atoms with Gasteiger partial charge in [-0.2, -0.15) is 0 Å². The number of nitrogens with zero attached hydrogens (tertiary/aromatic N) is 1. The van der Waals surface area contributed by atoms with Crippen molar-refractivity contribution in [2.24, 2.45) is 5.92 Å². The Bertz CT molecular complexity index is 240. The van der Waals surface area contributed by atoms with Gasteiger partial charge >= 0.3 is 5.97 Å². The number of rotatable bonds is 5. The van der Waals surface area contributed by atoms with Crippen LogP contribution in [-0.4, -0.2) is 48.3 Å². The summed E-state index contributed by atoms with van der Waals surface area (Å²) >= 11 is 0. The zero-order valence-electron chi connectivity index (χ0n) is 9.19. The Morgan fingerprint density at radius 3 is 2.60 bits per heavy atom. The fraction of sp³-hybridized carbons (Fsp3) is 0.909. The Kier molecular flexibility index (Phi) is 3.26. The van der Waals surface area contributed by atoms with Gasteiger partial charge in [0.05, 0.1) is 6.10 Å². The van der Waals surface area contributed by atoms with E-state index in [1.54, 1.807) is 0 Å². The second kappa shape index (κ2) is 4.49. The molecule has 1 aliphatic carbocycles. The van der Waals surface area contributed by atoms with Gasteiger partial charge in [0.2, 0.25) is 0 Å². The molecule has 0 amide bonds. The van der Waals surface area contributed by atoms with E-state index in [1.165, 1.54) is 12.8 Å². The van der Waals surface area contributed by atoms with Crippen molar-refractivity contribution in [3.63, 3.8) is 0 Å². The van der Waals surface area contributed by atoms with E-state index in [9.17, 15) is 4.79 Å². The monoisotopic (exact) mass is 213 g/mol. The zero-order chi connectivity index (χ0) is 10.8. The maximum atomic E-state index is 10.7. The van der Waals surface area contributed by atoms with E-state index < -0.39 is 12.1 Å². The van der Waals surface area contributed by atoms with Gasteiger partial charge in [-0.1, -0.05) is 0 Å². The first-order valence-corrected chi connectivity index (χ1v) is 5.72.